The Morgan fingerprint density at radius 3 is 2.36 bits per heavy atom. The minimum absolute atomic E-state index is 0.162. The normalized spacial score (nSPS) is 11.7. The number of alkyl halides is 3. The molecule has 0 bridgehead atoms. The van der Waals surface area contributed by atoms with E-state index in [9.17, 15) is 22.8 Å². The highest BCUT2D eigenvalue weighted by Crippen LogP contribution is 2.30. The summed E-state index contributed by atoms with van der Waals surface area (Å²) in [4.78, 5) is 27.9. The topological polar surface area (TPSA) is 49.9 Å². The minimum atomic E-state index is -4.56. The fourth-order valence-corrected chi connectivity index (χ4v) is 2.60. The van der Waals surface area contributed by atoms with Gasteiger partial charge >= 0.3 is 6.18 Å². The number of halogens is 3. The highest BCUT2D eigenvalue weighted by atomic mass is 19.4. The molecular weight excluding hydrogens is 331 g/mol. The SMILES string of the molecule is Cc1ccc(C(=O)c2c[nH]c3ccc(C(F)(F)F)cc3c2=O)cc1C. The minimum Gasteiger partial charge on any atom is -0.360 e. The van der Waals surface area contributed by atoms with Crippen molar-refractivity contribution in [2.75, 3.05) is 0 Å². The van der Waals surface area contributed by atoms with Gasteiger partial charge in [0.1, 0.15) is 0 Å². The molecule has 0 saturated carbocycles. The molecule has 128 valence electrons. The first-order chi connectivity index (χ1) is 11.7. The van der Waals surface area contributed by atoms with E-state index in [0.29, 0.717) is 5.56 Å². The zero-order chi connectivity index (χ0) is 18.4. The van der Waals surface area contributed by atoms with Crippen LogP contribution in [0.15, 0.2) is 47.4 Å². The molecule has 6 heteroatoms. The number of benzene rings is 2. The molecule has 0 aliphatic rings. The van der Waals surface area contributed by atoms with Crippen molar-refractivity contribution in [3.63, 3.8) is 0 Å². The van der Waals surface area contributed by atoms with E-state index in [4.69, 9.17) is 0 Å². The van der Waals surface area contributed by atoms with E-state index in [-0.39, 0.29) is 16.5 Å². The number of carbonyl (C=O) groups excluding carboxylic acids is 1. The van der Waals surface area contributed by atoms with Gasteiger partial charge in [-0.05, 0) is 49.2 Å². The summed E-state index contributed by atoms with van der Waals surface area (Å²) in [5.74, 6) is -0.524. The number of ketones is 1. The summed E-state index contributed by atoms with van der Waals surface area (Å²) in [6.45, 7) is 3.73. The number of hydrogen-bond donors (Lipinski definition) is 1. The van der Waals surface area contributed by atoms with Gasteiger partial charge in [-0.25, -0.2) is 0 Å². The van der Waals surface area contributed by atoms with Crippen LogP contribution in [0, 0.1) is 13.8 Å². The van der Waals surface area contributed by atoms with Crippen LogP contribution in [0.1, 0.15) is 32.6 Å². The summed E-state index contributed by atoms with van der Waals surface area (Å²) in [5, 5.41) is -0.162. The van der Waals surface area contributed by atoms with Crippen LogP contribution in [0.2, 0.25) is 0 Å². The van der Waals surface area contributed by atoms with Gasteiger partial charge in [-0.1, -0.05) is 12.1 Å². The molecule has 3 nitrogen and oxygen atoms in total. The van der Waals surface area contributed by atoms with Gasteiger partial charge in [0.15, 0.2) is 5.78 Å². The second-order valence-corrected chi connectivity index (χ2v) is 5.92. The molecule has 2 aromatic carbocycles. The molecule has 0 atom stereocenters. The third-order valence-electron chi connectivity index (χ3n) is 4.22. The van der Waals surface area contributed by atoms with E-state index in [2.05, 4.69) is 4.98 Å². The van der Waals surface area contributed by atoms with E-state index in [0.717, 1.165) is 23.3 Å². The first-order valence-electron chi connectivity index (χ1n) is 7.53. The number of hydrogen-bond acceptors (Lipinski definition) is 2. The number of nitrogens with one attached hydrogen (secondary N) is 1. The van der Waals surface area contributed by atoms with E-state index < -0.39 is 23.0 Å². The third kappa shape index (κ3) is 3.07. The maximum Gasteiger partial charge on any atom is 0.416 e. The van der Waals surface area contributed by atoms with Gasteiger partial charge in [0.05, 0.1) is 11.1 Å². The van der Waals surface area contributed by atoms with E-state index in [1.165, 1.54) is 12.3 Å². The molecule has 0 aliphatic heterocycles. The predicted octanol–water partition coefficient (Wildman–Crippen LogP) is 4.39. The molecule has 0 fully saturated rings. The quantitative estimate of drug-likeness (QED) is 0.700. The molecule has 0 radical (unpaired) electrons. The first-order valence-corrected chi connectivity index (χ1v) is 7.53. The molecule has 0 saturated heterocycles. The van der Waals surface area contributed by atoms with Crippen molar-refractivity contribution in [3.8, 4) is 0 Å². The van der Waals surface area contributed by atoms with Crippen molar-refractivity contribution in [2.45, 2.75) is 20.0 Å². The van der Waals surface area contributed by atoms with E-state index >= 15 is 0 Å². The number of aryl methyl sites for hydroxylation is 2. The van der Waals surface area contributed by atoms with Gasteiger partial charge in [0, 0.05) is 22.7 Å². The van der Waals surface area contributed by atoms with Crippen LogP contribution in [0.5, 0.6) is 0 Å². The molecule has 1 N–H and O–H groups in total. The molecule has 25 heavy (non-hydrogen) atoms. The lowest BCUT2D eigenvalue weighted by molar-refractivity contribution is -0.137. The second-order valence-electron chi connectivity index (χ2n) is 5.92. The van der Waals surface area contributed by atoms with E-state index in [1.54, 1.807) is 18.2 Å². The Labute approximate surface area is 141 Å². The Morgan fingerprint density at radius 2 is 1.72 bits per heavy atom. The average Bonchev–Trinajstić information content (AvgIpc) is 2.56. The molecule has 1 heterocycles. The number of fused-ring (bicyclic) bond motifs is 1. The van der Waals surface area contributed by atoms with Crippen molar-refractivity contribution in [1.82, 2.24) is 4.98 Å². The van der Waals surface area contributed by atoms with Crippen LogP contribution in [0.25, 0.3) is 10.9 Å². The predicted molar refractivity (Wildman–Crippen MR) is 88.9 cm³/mol. The smallest absolute Gasteiger partial charge is 0.360 e. The van der Waals surface area contributed by atoms with Crippen LogP contribution in [0.3, 0.4) is 0 Å². The van der Waals surface area contributed by atoms with Crippen molar-refractivity contribution in [1.29, 1.82) is 0 Å². The highest BCUT2D eigenvalue weighted by Gasteiger charge is 2.31. The van der Waals surface area contributed by atoms with Crippen molar-refractivity contribution in [3.05, 3.63) is 80.6 Å². The molecule has 0 spiro atoms. The van der Waals surface area contributed by atoms with Crippen molar-refractivity contribution in [2.24, 2.45) is 0 Å². The largest absolute Gasteiger partial charge is 0.416 e. The zero-order valence-electron chi connectivity index (χ0n) is 13.5. The number of carbonyl (C=O) groups is 1. The monoisotopic (exact) mass is 345 g/mol. The average molecular weight is 345 g/mol. The molecule has 0 aliphatic carbocycles. The fourth-order valence-electron chi connectivity index (χ4n) is 2.60. The maximum absolute atomic E-state index is 12.9. The number of rotatable bonds is 2. The van der Waals surface area contributed by atoms with Crippen LogP contribution in [-0.2, 0) is 6.18 Å². The lowest BCUT2D eigenvalue weighted by Crippen LogP contribution is -2.17. The molecule has 3 aromatic rings. The molecular formula is C19H14F3NO2. The Morgan fingerprint density at radius 1 is 1.00 bits per heavy atom. The Bertz CT molecular complexity index is 1050. The van der Waals surface area contributed by atoms with Crippen molar-refractivity contribution >= 4 is 16.7 Å². The fraction of sp³-hybridized carbons (Fsp3) is 0.158. The lowest BCUT2D eigenvalue weighted by Gasteiger charge is -2.09. The summed E-state index contributed by atoms with van der Waals surface area (Å²) in [6, 6.07) is 7.87. The second kappa shape index (κ2) is 5.88. The third-order valence-corrected chi connectivity index (χ3v) is 4.22. The summed E-state index contributed by atoms with van der Waals surface area (Å²) < 4.78 is 38.6. The van der Waals surface area contributed by atoms with Crippen LogP contribution in [0.4, 0.5) is 13.2 Å². The number of H-pyrrole nitrogens is 1. The summed E-state index contributed by atoms with van der Waals surface area (Å²) in [6.07, 6.45) is -3.32. The van der Waals surface area contributed by atoms with Gasteiger partial charge < -0.3 is 4.98 Å². The van der Waals surface area contributed by atoms with Crippen LogP contribution in [-0.4, -0.2) is 10.8 Å². The van der Waals surface area contributed by atoms with Gasteiger partial charge in [0.2, 0.25) is 5.43 Å². The summed E-state index contributed by atoms with van der Waals surface area (Å²) >= 11 is 0. The van der Waals surface area contributed by atoms with Gasteiger partial charge in [-0.15, -0.1) is 0 Å². The Balaban J connectivity index is 2.16. The standard InChI is InChI=1S/C19H14F3NO2/c1-10-3-4-12(7-11(10)2)17(24)15-9-23-16-6-5-13(19(20,21)22)8-14(16)18(15)25/h3-9H,1-2H3,(H,23,25). The lowest BCUT2D eigenvalue weighted by atomic mass is 9.98. The molecule has 0 unspecified atom stereocenters. The van der Waals surface area contributed by atoms with Crippen molar-refractivity contribution < 1.29 is 18.0 Å². The molecule has 1 aromatic heterocycles. The summed E-state index contributed by atoms with van der Waals surface area (Å²) in [7, 11) is 0. The molecule has 0 amide bonds. The zero-order valence-corrected chi connectivity index (χ0v) is 13.5. The van der Waals surface area contributed by atoms with Crippen LogP contribution < -0.4 is 5.43 Å². The number of aromatic nitrogens is 1. The van der Waals surface area contributed by atoms with Gasteiger partial charge in [-0.2, -0.15) is 13.2 Å². The van der Waals surface area contributed by atoms with Gasteiger partial charge in [-0.3, -0.25) is 9.59 Å². The Kier molecular flexibility index (Phi) is 3.99. The van der Waals surface area contributed by atoms with E-state index in [1.807, 2.05) is 13.8 Å². The molecule has 3 rings (SSSR count). The summed E-state index contributed by atoms with van der Waals surface area (Å²) in [5.41, 5.74) is 0.621. The first kappa shape index (κ1) is 17.0. The number of pyridine rings is 1. The number of aromatic amines is 1. The Hall–Kier alpha value is -2.89. The maximum atomic E-state index is 12.9. The van der Waals surface area contributed by atoms with Gasteiger partial charge in [0.25, 0.3) is 0 Å². The van der Waals surface area contributed by atoms with Crippen LogP contribution >= 0.6 is 0 Å². The highest BCUT2D eigenvalue weighted by molar-refractivity contribution is 6.10.